The number of aliphatic hydroxyl groups is 1. The summed E-state index contributed by atoms with van der Waals surface area (Å²) in [6.45, 7) is 0. The molecule has 0 saturated heterocycles. The van der Waals surface area contributed by atoms with Gasteiger partial charge in [0.1, 0.15) is 5.60 Å². The zero-order valence-electron chi connectivity index (χ0n) is 43.7. The van der Waals surface area contributed by atoms with Gasteiger partial charge >= 0.3 is 0 Å². The third kappa shape index (κ3) is 9.48. The summed E-state index contributed by atoms with van der Waals surface area (Å²) in [5, 5.41) is 14.1. The zero-order chi connectivity index (χ0) is 53.0. The van der Waals surface area contributed by atoms with Crippen LogP contribution >= 0.6 is 0 Å². The lowest BCUT2D eigenvalue weighted by atomic mass is 9.65. The molecule has 13 rings (SSSR count). The quantitative estimate of drug-likeness (QED) is 0.121. The van der Waals surface area contributed by atoms with E-state index in [-0.39, 0.29) is 5.92 Å². The Labute approximate surface area is 464 Å². The minimum atomic E-state index is -1.49. The fourth-order valence-electron chi connectivity index (χ4n) is 11.9. The summed E-state index contributed by atoms with van der Waals surface area (Å²) in [5.74, 6) is -0.154. The molecule has 2 atom stereocenters. The molecule has 0 aliphatic heterocycles. The molecule has 0 spiro atoms. The molecule has 0 radical (unpaired) electrons. The van der Waals surface area contributed by atoms with Crippen molar-refractivity contribution in [1.82, 2.24) is 0 Å². The molecule has 0 amide bonds. The van der Waals surface area contributed by atoms with Crippen LogP contribution in [0, 0.1) is 0 Å². The van der Waals surface area contributed by atoms with Gasteiger partial charge in [-0.2, -0.15) is 0 Å². The molecule has 1 nitrogen and oxygen atoms in total. The average Bonchev–Trinajstić information content (AvgIpc) is 3.44. The molecule has 1 aliphatic rings. The molecule has 1 N–H and O–H groups in total. The van der Waals surface area contributed by atoms with E-state index in [1.165, 1.54) is 16.7 Å². The lowest BCUT2D eigenvalue weighted by Crippen LogP contribution is -2.36. The first kappa shape index (κ1) is 48.7. The van der Waals surface area contributed by atoms with Crippen LogP contribution in [0.25, 0.3) is 67.8 Å². The first-order chi connectivity index (χ1) is 39.1. The largest absolute Gasteiger partial charge is 0.376 e. The number of fused-ring (bicyclic) bond motifs is 2. The van der Waals surface area contributed by atoms with Crippen molar-refractivity contribution in [2.75, 3.05) is 0 Å². The maximum absolute atomic E-state index is 14.1. The standard InChI is InChI=1S/C78H56O/c79-78(66-49-46-61(47-50-66)68-37-19-17-35-64(68)53-74(58-30-12-4-13-31-58)59-32-14-5-15-33-59)75-41-23-22-40-71(75)77(72-51-48-65(54-76(72)78)70-39-21-20-38-69(70)55-24-6-1-7-25-55)62-44-42-60(43-45-62)67-36-18-16-34-63(67)52-73(56-26-8-2-9-27-56)57-28-10-3-11-29-57/h1-54,77,79H. The van der Waals surface area contributed by atoms with Crippen LogP contribution in [0.15, 0.2) is 315 Å². The molecule has 12 aromatic rings. The van der Waals surface area contributed by atoms with Gasteiger partial charge in [0.2, 0.25) is 0 Å². The molecule has 374 valence electrons. The summed E-state index contributed by atoms with van der Waals surface area (Å²) in [5.41, 5.74) is 22.6. The van der Waals surface area contributed by atoms with E-state index in [1.54, 1.807) is 0 Å². The fraction of sp³-hybridized carbons (Fsp3) is 0.0256. The normalized spacial score (nSPS) is 14.3. The van der Waals surface area contributed by atoms with Crippen LogP contribution in [0.1, 0.15) is 72.7 Å². The molecule has 0 saturated carbocycles. The third-order valence-corrected chi connectivity index (χ3v) is 15.8. The summed E-state index contributed by atoms with van der Waals surface area (Å²) in [7, 11) is 0. The van der Waals surface area contributed by atoms with E-state index in [4.69, 9.17) is 0 Å². The maximum Gasteiger partial charge on any atom is 0.141 e. The van der Waals surface area contributed by atoms with Gasteiger partial charge in [0.15, 0.2) is 0 Å². The average molecular weight is 1010 g/mol. The predicted octanol–water partition coefficient (Wildman–Crippen LogP) is 19.3. The highest BCUT2D eigenvalue weighted by Gasteiger charge is 2.44. The Morgan fingerprint density at radius 2 is 0.646 bits per heavy atom. The first-order valence-corrected chi connectivity index (χ1v) is 27.2. The third-order valence-electron chi connectivity index (χ3n) is 15.8. The molecule has 0 aromatic heterocycles. The van der Waals surface area contributed by atoms with Gasteiger partial charge in [-0.1, -0.05) is 309 Å². The highest BCUT2D eigenvalue weighted by atomic mass is 16.3. The van der Waals surface area contributed by atoms with Gasteiger partial charge in [0, 0.05) is 5.92 Å². The molecule has 12 aromatic carbocycles. The Morgan fingerprint density at radius 3 is 1.14 bits per heavy atom. The summed E-state index contributed by atoms with van der Waals surface area (Å²) in [6, 6.07) is 112. The van der Waals surface area contributed by atoms with Crippen LogP contribution in [-0.2, 0) is 5.60 Å². The van der Waals surface area contributed by atoms with Gasteiger partial charge in [-0.05, 0) is 141 Å². The Morgan fingerprint density at radius 1 is 0.291 bits per heavy atom. The van der Waals surface area contributed by atoms with Crippen molar-refractivity contribution in [1.29, 1.82) is 0 Å². The van der Waals surface area contributed by atoms with Crippen molar-refractivity contribution in [3.63, 3.8) is 0 Å². The van der Waals surface area contributed by atoms with E-state index in [1.807, 2.05) is 0 Å². The van der Waals surface area contributed by atoms with Crippen LogP contribution in [0.5, 0.6) is 0 Å². The van der Waals surface area contributed by atoms with Crippen LogP contribution < -0.4 is 0 Å². The Kier molecular flexibility index (Phi) is 13.3. The van der Waals surface area contributed by atoms with Gasteiger partial charge < -0.3 is 5.11 Å². The number of rotatable bonds is 12. The van der Waals surface area contributed by atoms with E-state index in [0.29, 0.717) is 0 Å². The molecule has 0 heterocycles. The van der Waals surface area contributed by atoms with Crippen molar-refractivity contribution >= 4 is 23.3 Å². The second-order valence-corrected chi connectivity index (χ2v) is 20.4. The smallest absolute Gasteiger partial charge is 0.141 e. The fourth-order valence-corrected chi connectivity index (χ4v) is 11.9. The maximum atomic E-state index is 14.1. The SMILES string of the molecule is OC1(c2ccc(-c3ccccc3C=C(c3ccccc3)c3ccccc3)cc2)c2ccccc2C(c2ccc(-c3ccccc3C=C(c3ccccc3)c3ccccc3)cc2)c2ccc(-c3ccccc3-c3ccccc3)cc21. The highest BCUT2D eigenvalue weighted by molar-refractivity contribution is 5.96. The summed E-state index contributed by atoms with van der Waals surface area (Å²) >= 11 is 0. The van der Waals surface area contributed by atoms with Crippen molar-refractivity contribution in [2.24, 2.45) is 0 Å². The topological polar surface area (TPSA) is 20.2 Å². The van der Waals surface area contributed by atoms with E-state index in [0.717, 1.165) is 106 Å². The summed E-state index contributed by atoms with van der Waals surface area (Å²) < 4.78 is 0. The minimum absolute atomic E-state index is 0.154. The molecule has 0 fully saturated rings. The number of hydrogen-bond donors (Lipinski definition) is 1. The Hall–Kier alpha value is -9.92. The first-order valence-electron chi connectivity index (χ1n) is 27.2. The van der Waals surface area contributed by atoms with E-state index < -0.39 is 5.60 Å². The molecule has 2 unspecified atom stereocenters. The lowest BCUT2D eigenvalue weighted by molar-refractivity contribution is 0.120. The van der Waals surface area contributed by atoms with Crippen LogP contribution in [0.3, 0.4) is 0 Å². The zero-order valence-corrected chi connectivity index (χ0v) is 43.7. The Bertz CT molecular complexity index is 4060. The predicted molar refractivity (Wildman–Crippen MR) is 330 cm³/mol. The Balaban J connectivity index is 0.931. The number of benzene rings is 12. The molecule has 79 heavy (non-hydrogen) atoms. The van der Waals surface area contributed by atoms with E-state index in [2.05, 4.69) is 328 Å². The van der Waals surface area contributed by atoms with Gasteiger partial charge in [-0.15, -0.1) is 0 Å². The van der Waals surface area contributed by atoms with Gasteiger partial charge in [-0.3, -0.25) is 0 Å². The van der Waals surface area contributed by atoms with Crippen LogP contribution in [-0.4, -0.2) is 5.11 Å². The molecule has 0 bridgehead atoms. The molecular formula is C78H56O. The van der Waals surface area contributed by atoms with Gasteiger partial charge in [0.25, 0.3) is 0 Å². The van der Waals surface area contributed by atoms with Crippen molar-refractivity contribution in [2.45, 2.75) is 11.5 Å². The highest BCUT2D eigenvalue weighted by Crippen LogP contribution is 2.53. The van der Waals surface area contributed by atoms with Crippen LogP contribution in [0.2, 0.25) is 0 Å². The van der Waals surface area contributed by atoms with Crippen molar-refractivity contribution in [3.05, 3.63) is 382 Å². The second kappa shape index (κ2) is 21.6. The van der Waals surface area contributed by atoms with E-state index >= 15 is 0 Å². The van der Waals surface area contributed by atoms with E-state index in [9.17, 15) is 5.11 Å². The summed E-state index contributed by atoms with van der Waals surface area (Å²) in [4.78, 5) is 0. The van der Waals surface area contributed by atoms with Crippen molar-refractivity contribution < 1.29 is 5.11 Å². The molecule has 1 heteroatoms. The van der Waals surface area contributed by atoms with Crippen molar-refractivity contribution in [3.8, 4) is 44.5 Å². The second-order valence-electron chi connectivity index (χ2n) is 20.4. The molecular weight excluding hydrogens is 953 g/mol. The van der Waals surface area contributed by atoms with Gasteiger partial charge in [-0.25, -0.2) is 0 Å². The van der Waals surface area contributed by atoms with Gasteiger partial charge in [0.05, 0.1) is 0 Å². The molecule has 1 aliphatic carbocycles. The number of hydrogen-bond acceptors (Lipinski definition) is 1. The lowest BCUT2D eigenvalue weighted by Gasteiger charge is -2.41. The van der Waals surface area contributed by atoms with Crippen LogP contribution in [0.4, 0.5) is 0 Å². The summed E-state index contributed by atoms with van der Waals surface area (Å²) in [6.07, 6.45) is 4.63. The minimum Gasteiger partial charge on any atom is -0.376 e. The monoisotopic (exact) mass is 1010 g/mol.